The summed E-state index contributed by atoms with van der Waals surface area (Å²) in [5.41, 5.74) is -1.19. The summed E-state index contributed by atoms with van der Waals surface area (Å²) < 4.78 is 43.7. The van der Waals surface area contributed by atoms with E-state index in [2.05, 4.69) is 15.1 Å². The van der Waals surface area contributed by atoms with Crippen molar-refractivity contribution >= 4 is 44.4 Å². The number of hydrogen-bond donors (Lipinski definition) is 0. The quantitative estimate of drug-likeness (QED) is 0.154. The highest BCUT2D eigenvalue weighted by Gasteiger charge is 2.50. The van der Waals surface area contributed by atoms with Gasteiger partial charge in [0.25, 0.3) is 0 Å². The van der Waals surface area contributed by atoms with Gasteiger partial charge in [0.05, 0.1) is 25.3 Å². The van der Waals surface area contributed by atoms with Crippen LogP contribution in [0.2, 0.25) is 0 Å². The van der Waals surface area contributed by atoms with Crippen LogP contribution in [0.25, 0.3) is 0 Å². The fraction of sp³-hybridized carbons (Fsp3) is 0.552. The summed E-state index contributed by atoms with van der Waals surface area (Å²) in [5.74, 6) is 1.58. The van der Waals surface area contributed by atoms with Crippen molar-refractivity contribution in [2.45, 2.75) is 102 Å². The molecule has 11 nitrogen and oxygen atoms in total. The Hall–Kier alpha value is -3.43. The standard InChI is InChI=1S/C14H17NO3.C13H18O3.C2H2ClNO3S/c1-13(2,3)18-12(16)8-14(6-7-14)11-5-4-10(9-15)17-11;1-12(2,3)16-11(14)9-13(6-7-13)10-5-4-8-15-10;3-8(6,7)4-1-2-5/h4-5H,6-8H2,1-3H3;4-5,8H,6-7,9H2,1-3H3;1-2H. The monoisotopic (exact) mass is 624 g/mol. The molecular weight excluding hydrogens is 588 g/mol. The van der Waals surface area contributed by atoms with Crippen LogP contribution in [0.1, 0.15) is 97.3 Å². The second-order valence-corrected chi connectivity index (χ2v) is 14.3. The largest absolute Gasteiger partial charge is 0.469 e. The lowest BCUT2D eigenvalue weighted by Gasteiger charge is -2.21. The second-order valence-electron chi connectivity index (χ2n) is 12.1. The molecule has 0 atom stereocenters. The molecule has 2 aromatic heterocycles. The lowest BCUT2D eigenvalue weighted by Crippen LogP contribution is -2.26. The molecule has 0 spiro atoms. The van der Waals surface area contributed by atoms with Gasteiger partial charge in [0.2, 0.25) is 5.76 Å². The molecule has 0 aliphatic heterocycles. The first-order valence-corrected chi connectivity index (χ1v) is 15.5. The summed E-state index contributed by atoms with van der Waals surface area (Å²) in [7, 11) is 0.651. The molecule has 0 N–H and O–H groups in total. The maximum absolute atomic E-state index is 11.8. The zero-order valence-electron chi connectivity index (χ0n) is 24.6. The number of aldehydes is 1. The number of furan rings is 2. The zero-order chi connectivity index (χ0) is 31.8. The maximum atomic E-state index is 11.8. The molecule has 2 aromatic rings. The molecule has 42 heavy (non-hydrogen) atoms. The number of carbonyl (C=O) groups excluding carboxylic acids is 3. The number of esters is 2. The molecule has 0 aromatic carbocycles. The van der Waals surface area contributed by atoms with Gasteiger partial charge in [-0.05, 0) is 91.5 Å². The number of nitriles is 1. The predicted molar refractivity (Wildman–Crippen MR) is 154 cm³/mol. The molecule has 0 amide bonds. The van der Waals surface area contributed by atoms with E-state index in [1.807, 2.05) is 59.7 Å². The maximum Gasteiger partial charge on any atom is 0.339 e. The lowest BCUT2D eigenvalue weighted by atomic mass is 9.99. The Kier molecular flexibility index (Phi) is 11.3. The molecular formula is C29H37ClN2O9S. The summed E-state index contributed by atoms with van der Waals surface area (Å²) in [6, 6.07) is 9.19. The SMILES string of the molecule is CC(C)(C)OC(=O)CC1(c2ccc(C#N)o2)CC1.CC(C)(C)OC(=O)CC1(c2ccco2)CC1.O=CC=NS(=O)(=O)Cl. The van der Waals surface area contributed by atoms with E-state index in [0.717, 1.165) is 37.2 Å². The molecule has 0 radical (unpaired) electrons. The third-order valence-corrected chi connectivity index (χ3v) is 6.66. The molecule has 2 saturated carbocycles. The van der Waals surface area contributed by atoms with Gasteiger partial charge in [-0.25, -0.2) is 0 Å². The Labute approximate surface area is 250 Å². The van der Waals surface area contributed by atoms with Crippen LogP contribution in [0.15, 0.2) is 43.8 Å². The average molecular weight is 625 g/mol. The highest BCUT2D eigenvalue weighted by atomic mass is 35.7. The van der Waals surface area contributed by atoms with Crippen molar-refractivity contribution in [3.63, 3.8) is 0 Å². The van der Waals surface area contributed by atoms with Crippen molar-refractivity contribution < 1.29 is 41.1 Å². The van der Waals surface area contributed by atoms with E-state index in [1.54, 1.807) is 18.4 Å². The first-order chi connectivity index (χ1) is 19.3. The van der Waals surface area contributed by atoms with Gasteiger partial charge in [-0.3, -0.25) is 14.4 Å². The van der Waals surface area contributed by atoms with Crippen LogP contribution in [0.3, 0.4) is 0 Å². The highest BCUT2D eigenvalue weighted by molar-refractivity contribution is 8.12. The van der Waals surface area contributed by atoms with Gasteiger partial charge in [-0.2, -0.15) is 18.1 Å². The normalized spacial score (nSPS) is 16.5. The van der Waals surface area contributed by atoms with E-state index < -0.39 is 20.4 Å². The van der Waals surface area contributed by atoms with Crippen molar-refractivity contribution in [3.8, 4) is 6.07 Å². The number of rotatable bonds is 8. The van der Waals surface area contributed by atoms with Crippen LogP contribution in [0.4, 0.5) is 0 Å². The Balaban J connectivity index is 0.000000237. The Morgan fingerprint density at radius 1 is 0.976 bits per heavy atom. The van der Waals surface area contributed by atoms with Crippen molar-refractivity contribution in [2.75, 3.05) is 0 Å². The fourth-order valence-electron chi connectivity index (χ4n) is 3.99. The average Bonchev–Trinajstić information content (AvgIpc) is 3.63. The van der Waals surface area contributed by atoms with Gasteiger partial charge in [-0.1, -0.05) is 0 Å². The third kappa shape index (κ3) is 12.2. The molecule has 2 fully saturated rings. The molecule has 13 heteroatoms. The Morgan fingerprint density at radius 3 is 1.79 bits per heavy atom. The zero-order valence-corrected chi connectivity index (χ0v) is 26.2. The van der Waals surface area contributed by atoms with Crippen LogP contribution in [-0.4, -0.2) is 44.1 Å². The summed E-state index contributed by atoms with van der Waals surface area (Å²) in [5, 5.41) is 8.74. The topological polar surface area (TPSA) is 166 Å². The second kappa shape index (κ2) is 13.7. The number of carbonyl (C=O) groups is 3. The minimum Gasteiger partial charge on any atom is -0.469 e. The number of hydrogen-bond acceptors (Lipinski definition) is 10. The molecule has 0 saturated heterocycles. The van der Waals surface area contributed by atoms with Gasteiger partial charge in [-0.15, -0.1) is 0 Å². The predicted octanol–water partition coefficient (Wildman–Crippen LogP) is 5.70. The van der Waals surface area contributed by atoms with E-state index in [4.69, 9.17) is 23.6 Å². The molecule has 2 aliphatic carbocycles. The molecule has 4 rings (SSSR count). The smallest absolute Gasteiger partial charge is 0.339 e. The molecule has 2 aliphatic rings. The Morgan fingerprint density at radius 2 is 1.48 bits per heavy atom. The molecule has 2 heterocycles. The van der Waals surface area contributed by atoms with Crippen LogP contribution < -0.4 is 0 Å². The number of nitrogens with zero attached hydrogens (tertiary/aromatic N) is 2. The van der Waals surface area contributed by atoms with E-state index in [-0.39, 0.29) is 29.1 Å². The summed E-state index contributed by atoms with van der Waals surface area (Å²) in [6.07, 6.45) is 7.03. The minimum absolute atomic E-state index is 0.0775. The molecule has 0 unspecified atom stereocenters. The lowest BCUT2D eigenvalue weighted by molar-refractivity contribution is -0.156. The van der Waals surface area contributed by atoms with Crippen LogP contribution in [0.5, 0.6) is 0 Å². The highest BCUT2D eigenvalue weighted by Crippen LogP contribution is 2.52. The molecule has 0 bridgehead atoms. The van der Waals surface area contributed by atoms with Crippen LogP contribution >= 0.6 is 10.7 Å². The van der Waals surface area contributed by atoms with Crippen LogP contribution in [0, 0.1) is 11.3 Å². The number of halogens is 1. The third-order valence-electron chi connectivity index (χ3n) is 6.04. The first-order valence-electron chi connectivity index (χ1n) is 13.2. The van der Waals surface area contributed by atoms with E-state index in [9.17, 15) is 22.8 Å². The summed E-state index contributed by atoms with van der Waals surface area (Å²) >= 11 is 0. The fourth-order valence-corrected chi connectivity index (χ4v) is 4.32. The van der Waals surface area contributed by atoms with Gasteiger partial charge < -0.3 is 18.3 Å². The van der Waals surface area contributed by atoms with E-state index >= 15 is 0 Å². The van der Waals surface area contributed by atoms with Gasteiger partial charge in [0, 0.05) is 21.5 Å². The van der Waals surface area contributed by atoms with Crippen molar-refractivity contribution in [1.29, 1.82) is 5.26 Å². The number of ether oxygens (including phenoxy) is 2. The molecule has 230 valence electrons. The van der Waals surface area contributed by atoms with Crippen molar-refractivity contribution in [1.82, 2.24) is 0 Å². The van der Waals surface area contributed by atoms with Crippen molar-refractivity contribution in [3.05, 3.63) is 47.8 Å². The minimum atomic E-state index is -3.88. The van der Waals surface area contributed by atoms with Crippen molar-refractivity contribution in [2.24, 2.45) is 4.40 Å². The van der Waals surface area contributed by atoms with Gasteiger partial charge in [0.15, 0.2) is 6.29 Å². The van der Waals surface area contributed by atoms with Crippen LogP contribution in [-0.2, 0) is 43.9 Å². The summed E-state index contributed by atoms with van der Waals surface area (Å²) in [6.45, 7) is 11.2. The van der Waals surface area contributed by atoms with E-state index in [0.29, 0.717) is 24.8 Å². The van der Waals surface area contributed by atoms with Gasteiger partial charge in [0.1, 0.15) is 28.8 Å². The first kappa shape index (κ1) is 34.8. The van der Waals surface area contributed by atoms with Gasteiger partial charge >= 0.3 is 21.2 Å². The Bertz CT molecular complexity index is 1400. The van der Waals surface area contributed by atoms with E-state index in [1.165, 1.54) is 0 Å². The summed E-state index contributed by atoms with van der Waals surface area (Å²) in [4.78, 5) is 33.0.